The minimum Gasteiger partial charge on any atom is -0.455 e. The molecule has 2 heteroatoms. The highest BCUT2D eigenvalue weighted by atomic mass is 16.3. The fourth-order valence-corrected chi connectivity index (χ4v) is 9.54. The van der Waals surface area contributed by atoms with Gasteiger partial charge in [-0.15, -0.1) is 0 Å². The lowest BCUT2D eigenvalue weighted by molar-refractivity contribution is 0.617. The SMILES string of the molecule is CC1(C)c2cc3c(cc2-c2oc4c(-c5ccc(-c6ccccc6)cc5)cccc4c21)C(C)(C)c1c-3oc2c(-c3ccc(-c4ccccc4)cc3)cccc12. The van der Waals surface area contributed by atoms with E-state index in [2.05, 4.69) is 185 Å². The van der Waals surface area contributed by atoms with E-state index in [1.54, 1.807) is 0 Å². The Hall–Kier alpha value is -6.38. The summed E-state index contributed by atoms with van der Waals surface area (Å²) in [5, 5.41) is 2.37. The molecule has 258 valence electrons. The van der Waals surface area contributed by atoms with E-state index in [1.807, 2.05) is 0 Å². The Bertz CT molecular complexity index is 2730. The maximum absolute atomic E-state index is 7.01. The van der Waals surface area contributed by atoms with E-state index in [4.69, 9.17) is 8.83 Å². The van der Waals surface area contributed by atoms with Crippen LogP contribution in [0.15, 0.2) is 167 Å². The van der Waals surface area contributed by atoms with Gasteiger partial charge in [0.25, 0.3) is 0 Å². The highest BCUT2D eigenvalue weighted by Gasteiger charge is 2.46. The van der Waals surface area contributed by atoms with Gasteiger partial charge in [-0.25, -0.2) is 0 Å². The average Bonchev–Trinajstić information content (AvgIpc) is 3.92. The van der Waals surface area contributed by atoms with E-state index >= 15 is 0 Å². The van der Waals surface area contributed by atoms with Gasteiger partial charge in [0.2, 0.25) is 0 Å². The van der Waals surface area contributed by atoms with Crippen molar-refractivity contribution in [1.82, 2.24) is 0 Å². The third-order valence-corrected chi connectivity index (χ3v) is 12.3. The van der Waals surface area contributed by atoms with Crippen molar-refractivity contribution in [1.29, 1.82) is 0 Å². The monoisotopic (exact) mass is 694 g/mol. The molecule has 0 unspecified atom stereocenters. The molecule has 0 aliphatic heterocycles. The number of hydrogen-bond acceptors (Lipinski definition) is 2. The first-order valence-electron chi connectivity index (χ1n) is 18.9. The standard InChI is InChI=1S/C52H38O2/c1-51(2)43-29-42-44(30-41(43)49-45(51)39-19-11-17-37(47(39)53-49)35-25-21-33(22-26-35)31-13-7-5-8-14-31)52(3,4)46-40-20-12-18-38(48(40)54-50(42)46)36-27-23-34(24-28-36)32-15-9-6-10-16-32/h5-30H,1-4H3. The van der Waals surface area contributed by atoms with Gasteiger partial charge in [-0.1, -0.05) is 173 Å². The maximum atomic E-state index is 7.01. The molecule has 2 aliphatic carbocycles. The normalized spacial score (nSPS) is 14.6. The van der Waals surface area contributed by atoms with Gasteiger partial charge in [-0.05, 0) is 56.6 Å². The summed E-state index contributed by atoms with van der Waals surface area (Å²) in [7, 11) is 0. The molecule has 2 aromatic heterocycles. The van der Waals surface area contributed by atoms with Crippen LogP contribution in [0.4, 0.5) is 0 Å². The molecule has 0 saturated heterocycles. The number of hydrogen-bond donors (Lipinski definition) is 0. The molecule has 0 amide bonds. The molecule has 2 heterocycles. The van der Waals surface area contributed by atoms with Gasteiger partial charge >= 0.3 is 0 Å². The molecule has 0 radical (unpaired) electrons. The van der Waals surface area contributed by atoms with Crippen molar-refractivity contribution in [3.63, 3.8) is 0 Å². The van der Waals surface area contributed by atoms with Crippen LogP contribution in [-0.2, 0) is 10.8 Å². The summed E-state index contributed by atoms with van der Waals surface area (Å²) in [4.78, 5) is 0. The predicted octanol–water partition coefficient (Wildman–Crippen LogP) is 14.5. The van der Waals surface area contributed by atoms with E-state index in [1.165, 1.54) is 66.4 Å². The number of fused-ring (bicyclic) bond motifs is 10. The third kappa shape index (κ3) is 4.28. The summed E-state index contributed by atoms with van der Waals surface area (Å²) in [5.74, 6) is 1.98. The minimum absolute atomic E-state index is 0.259. The largest absolute Gasteiger partial charge is 0.455 e. The molecule has 0 N–H and O–H groups in total. The number of para-hydroxylation sites is 2. The van der Waals surface area contributed by atoms with E-state index in [9.17, 15) is 0 Å². The number of benzene rings is 7. The summed E-state index contributed by atoms with van der Waals surface area (Å²) in [5.41, 5.74) is 18.3. The molecule has 7 aromatic carbocycles. The van der Waals surface area contributed by atoms with Gasteiger partial charge < -0.3 is 8.83 Å². The molecule has 54 heavy (non-hydrogen) atoms. The molecule has 0 atom stereocenters. The van der Waals surface area contributed by atoms with Crippen LogP contribution < -0.4 is 0 Å². The van der Waals surface area contributed by atoms with Gasteiger partial charge in [0.05, 0.1) is 0 Å². The second-order valence-electron chi connectivity index (χ2n) is 16.1. The molecule has 0 spiro atoms. The van der Waals surface area contributed by atoms with Gasteiger partial charge in [-0.2, -0.15) is 0 Å². The van der Waals surface area contributed by atoms with Crippen LogP contribution in [0.2, 0.25) is 0 Å². The molecule has 2 aliphatic rings. The van der Waals surface area contributed by atoms with Crippen molar-refractivity contribution < 1.29 is 8.83 Å². The molecule has 9 aromatic rings. The minimum atomic E-state index is -0.259. The van der Waals surface area contributed by atoms with Crippen LogP contribution >= 0.6 is 0 Å². The van der Waals surface area contributed by atoms with Gasteiger partial charge in [0.15, 0.2) is 0 Å². The first-order chi connectivity index (χ1) is 26.3. The molecular weight excluding hydrogens is 657 g/mol. The highest BCUT2D eigenvalue weighted by molar-refractivity contribution is 6.04. The maximum Gasteiger partial charge on any atom is 0.142 e. The smallest absolute Gasteiger partial charge is 0.142 e. The molecule has 11 rings (SSSR count). The lowest BCUT2D eigenvalue weighted by Crippen LogP contribution is -2.17. The topological polar surface area (TPSA) is 26.3 Å². The Morgan fingerprint density at radius 1 is 0.333 bits per heavy atom. The van der Waals surface area contributed by atoms with Crippen LogP contribution in [0.1, 0.15) is 49.9 Å². The second-order valence-corrected chi connectivity index (χ2v) is 16.1. The van der Waals surface area contributed by atoms with Crippen molar-refractivity contribution in [2.45, 2.75) is 38.5 Å². The van der Waals surface area contributed by atoms with Crippen LogP contribution in [0.5, 0.6) is 0 Å². The van der Waals surface area contributed by atoms with E-state index in [-0.39, 0.29) is 10.8 Å². The van der Waals surface area contributed by atoms with Gasteiger partial charge in [0, 0.05) is 55.0 Å². The number of rotatable bonds is 4. The third-order valence-electron chi connectivity index (χ3n) is 12.3. The van der Waals surface area contributed by atoms with Crippen LogP contribution in [0, 0.1) is 0 Å². The molecule has 0 saturated carbocycles. The van der Waals surface area contributed by atoms with Crippen LogP contribution in [0.25, 0.3) is 89.1 Å². The quantitative estimate of drug-likeness (QED) is 0.183. The predicted molar refractivity (Wildman–Crippen MR) is 223 cm³/mol. The van der Waals surface area contributed by atoms with Crippen molar-refractivity contribution in [2.75, 3.05) is 0 Å². The first-order valence-corrected chi connectivity index (χ1v) is 18.9. The van der Waals surface area contributed by atoms with Gasteiger partial charge in [0.1, 0.15) is 22.7 Å². The summed E-state index contributed by atoms with van der Waals surface area (Å²) in [6.07, 6.45) is 0. The van der Waals surface area contributed by atoms with Crippen molar-refractivity contribution in [3.05, 3.63) is 180 Å². The molecule has 0 bridgehead atoms. The average molecular weight is 695 g/mol. The Morgan fingerprint density at radius 2 is 0.685 bits per heavy atom. The Labute approximate surface area is 315 Å². The lowest BCUT2D eigenvalue weighted by Gasteiger charge is -2.24. The molecule has 0 fully saturated rings. The molecule has 2 nitrogen and oxygen atoms in total. The van der Waals surface area contributed by atoms with E-state index in [0.717, 1.165) is 44.9 Å². The Morgan fingerprint density at radius 3 is 1.07 bits per heavy atom. The van der Waals surface area contributed by atoms with Crippen molar-refractivity contribution in [3.8, 4) is 67.2 Å². The summed E-state index contributed by atoms with van der Waals surface area (Å²) < 4.78 is 14.0. The van der Waals surface area contributed by atoms with Crippen molar-refractivity contribution in [2.24, 2.45) is 0 Å². The first kappa shape index (κ1) is 31.2. The summed E-state index contributed by atoms with van der Waals surface area (Å²) in [6.45, 7) is 9.38. The second kappa shape index (κ2) is 11.1. The summed E-state index contributed by atoms with van der Waals surface area (Å²) >= 11 is 0. The van der Waals surface area contributed by atoms with E-state index < -0.39 is 0 Å². The number of furan rings is 2. The highest BCUT2D eigenvalue weighted by Crippen LogP contribution is 2.60. The molecular formula is C52H38O2. The van der Waals surface area contributed by atoms with E-state index in [0.29, 0.717) is 0 Å². The summed E-state index contributed by atoms with van der Waals surface area (Å²) in [6, 6.07) is 56.8. The zero-order valence-electron chi connectivity index (χ0n) is 30.8. The fraction of sp³-hybridized carbons (Fsp3) is 0.115. The fourth-order valence-electron chi connectivity index (χ4n) is 9.54. The van der Waals surface area contributed by atoms with Gasteiger partial charge in [-0.3, -0.25) is 0 Å². The zero-order chi connectivity index (χ0) is 36.3. The lowest BCUT2D eigenvalue weighted by atomic mass is 9.78. The zero-order valence-corrected chi connectivity index (χ0v) is 30.8. The Kier molecular flexibility index (Phi) is 6.39. The van der Waals surface area contributed by atoms with Crippen LogP contribution in [0.3, 0.4) is 0 Å². The Balaban J connectivity index is 1.02. The van der Waals surface area contributed by atoms with Crippen LogP contribution in [-0.4, -0.2) is 0 Å². The van der Waals surface area contributed by atoms with Crippen molar-refractivity contribution >= 4 is 21.9 Å².